The largest absolute Gasteiger partial charge is 0.355 e. The van der Waals surface area contributed by atoms with Gasteiger partial charge in [-0.05, 0) is 60.5 Å². The summed E-state index contributed by atoms with van der Waals surface area (Å²) in [7, 11) is 0. The third kappa shape index (κ3) is 4.98. The minimum Gasteiger partial charge on any atom is -0.355 e. The minimum atomic E-state index is -0.0821. The number of hydrogen-bond donors (Lipinski definition) is 3. The van der Waals surface area contributed by atoms with Gasteiger partial charge in [0.05, 0.1) is 28.2 Å². The molecule has 0 atom stereocenters. The first-order chi connectivity index (χ1) is 15.1. The Balaban J connectivity index is 1.54. The van der Waals surface area contributed by atoms with Crippen molar-refractivity contribution in [2.24, 2.45) is 5.92 Å². The summed E-state index contributed by atoms with van der Waals surface area (Å²) in [5, 5.41) is 14.8. The number of aromatic nitrogens is 3. The van der Waals surface area contributed by atoms with Crippen LogP contribution in [0.3, 0.4) is 0 Å². The van der Waals surface area contributed by atoms with E-state index >= 15 is 0 Å². The van der Waals surface area contributed by atoms with Gasteiger partial charge in [-0.15, -0.1) is 0 Å². The van der Waals surface area contributed by atoms with Crippen molar-refractivity contribution in [3.05, 3.63) is 83.8 Å². The van der Waals surface area contributed by atoms with Crippen molar-refractivity contribution in [1.82, 2.24) is 20.5 Å². The first kappa shape index (κ1) is 20.3. The molecule has 0 fully saturated rings. The van der Waals surface area contributed by atoms with E-state index in [4.69, 9.17) is 0 Å². The van der Waals surface area contributed by atoms with Gasteiger partial charge < -0.3 is 10.6 Å². The highest BCUT2D eigenvalue weighted by atomic mass is 16.1. The van der Waals surface area contributed by atoms with Crippen molar-refractivity contribution in [1.29, 1.82) is 0 Å². The van der Waals surface area contributed by atoms with Crippen LogP contribution in [0.2, 0.25) is 0 Å². The number of carbonyl (C=O) groups is 1. The average Bonchev–Trinajstić information content (AvgIpc) is 3.19. The molecule has 31 heavy (non-hydrogen) atoms. The molecular weight excluding hydrogens is 386 g/mol. The van der Waals surface area contributed by atoms with E-state index in [0.29, 0.717) is 18.0 Å². The van der Waals surface area contributed by atoms with E-state index in [9.17, 15) is 4.79 Å². The van der Waals surface area contributed by atoms with Crippen molar-refractivity contribution in [3.8, 4) is 0 Å². The second-order valence-electron chi connectivity index (χ2n) is 7.73. The molecule has 0 spiro atoms. The summed E-state index contributed by atoms with van der Waals surface area (Å²) >= 11 is 0. The molecule has 3 N–H and O–H groups in total. The monoisotopic (exact) mass is 411 g/mol. The number of para-hydroxylation sites is 1. The summed E-state index contributed by atoms with van der Waals surface area (Å²) in [6.07, 6.45) is 5.65. The summed E-state index contributed by atoms with van der Waals surface area (Å²) in [6, 6.07) is 19.3. The lowest BCUT2D eigenvalue weighted by atomic mass is 10.1. The maximum Gasteiger partial charge on any atom is 0.253 e. The molecule has 4 rings (SSSR count). The molecule has 0 aliphatic rings. The number of pyridine rings is 1. The zero-order valence-electron chi connectivity index (χ0n) is 17.6. The zero-order valence-corrected chi connectivity index (χ0v) is 17.6. The van der Waals surface area contributed by atoms with Gasteiger partial charge in [-0.1, -0.05) is 32.0 Å². The third-order valence-electron chi connectivity index (χ3n) is 4.81. The highest BCUT2D eigenvalue weighted by Crippen LogP contribution is 2.26. The van der Waals surface area contributed by atoms with E-state index < -0.39 is 0 Å². The Bertz CT molecular complexity index is 1210. The minimum absolute atomic E-state index is 0.0821. The molecule has 0 radical (unpaired) electrons. The fourth-order valence-corrected chi connectivity index (χ4v) is 3.22. The number of nitrogens with zero attached hydrogens (tertiary/aromatic N) is 2. The molecule has 0 bridgehead atoms. The highest BCUT2D eigenvalue weighted by molar-refractivity contribution is 6.00. The van der Waals surface area contributed by atoms with E-state index in [0.717, 1.165) is 33.7 Å². The van der Waals surface area contributed by atoms with Crippen LogP contribution >= 0.6 is 0 Å². The smallest absolute Gasteiger partial charge is 0.253 e. The molecule has 2 aromatic carbocycles. The topological polar surface area (TPSA) is 82.7 Å². The molecule has 1 amide bonds. The average molecular weight is 412 g/mol. The first-order valence-corrected chi connectivity index (χ1v) is 10.3. The van der Waals surface area contributed by atoms with Gasteiger partial charge >= 0.3 is 0 Å². The number of carbonyl (C=O) groups excluding carboxylic acids is 1. The predicted molar refractivity (Wildman–Crippen MR) is 126 cm³/mol. The Kier molecular flexibility index (Phi) is 6.08. The summed E-state index contributed by atoms with van der Waals surface area (Å²) in [4.78, 5) is 16.9. The van der Waals surface area contributed by atoms with Gasteiger partial charge in [-0.3, -0.25) is 14.9 Å². The zero-order chi connectivity index (χ0) is 21.6. The lowest BCUT2D eigenvalue weighted by Crippen LogP contribution is -2.27. The predicted octanol–water partition coefficient (Wildman–Crippen LogP) is 5.26. The fourth-order valence-electron chi connectivity index (χ4n) is 3.22. The van der Waals surface area contributed by atoms with Gasteiger partial charge in [0.2, 0.25) is 0 Å². The third-order valence-corrected chi connectivity index (χ3v) is 4.81. The molecule has 2 heterocycles. The molecule has 4 aromatic rings. The van der Waals surface area contributed by atoms with Crippen molar-refractivity contribution < 1.29 is 4.79 Å². The number of nitrogens with one attached hydrogen (secondary N) is 3. The first-order valence-electron chi connectivity index (χ1n) is 10.3. The molecule has 0 saturated heterocycles. The molecule has 6 heteroatoms. The number of benzene rings is 2. The second kappa shape index (κ2) is 9.26. The van der Waals surface area contributed by atoms with Crippen LogP contribution in [-0.2, 0) is 0 Å². The number of anilines is 2. The Morgan fingerprint density at radius 1 is 1.06 bits per heavy atom. The van der Waals surface area contributed by atoms with Gasteiger partial charge in [-0.2, -0.15) is 5.10 Å². The normalized spacial score (nSPS) is 11.3. The lowest BCUT2D eigenvalue weighted by Gasteiger charge is -2.13. The number of amides is 1. The molecule has 2 aromatic heterocycles. The quantitative estimate of drug-likeness (QED) is 0.387. The number of H-pyrrole nitrogens is 1. The van der Waals surface area contributed by atoms with E-state index in [2.05, 4.69) is 39.7 Å². The second-order valence-corrected chi connectivity index (χ2v) is 7.73. The molecule has 0 aliphatic heterocycles. The van der Waals surface area contributed by atoms with E-state index in [1.807, 2.05) is 72.8 Å². The summed E-state index contributed by atoms with van der Waals surface area (Å²) in [6.45, 7) is 4.79. The molecule has 0 unspecified atom stereocenters. The van der Waals surface area contributed by atoms with Crippen LogP contribution in [0.4, 0.5) is 11.4 Å². The summed E-state index contributed by atoms with van der Waals surface area (Å²) in [5.41, 5.74) is 4.89. The van der Waals surface area contributed by atoms with Gasteiger partial charge in [0.1, 0.15) is 0 Å². The molecule has 156 valence electrons. The Hall–Kier alpha value is -3.93. The maximum absolute atomic E-state index is 12.6. The number of fused-ring (bicyclic) bond motifs is 1. The number of rotatable bonds is 7. The van der Waals surface area contributed by atoms with Crippen molar-refractivity contribution in [2.75, 3.05) is 11.9 Å². The van der Waals surface area contributed by atoms with Crippen LogP contribution in [0.15, 0.2) is 66.9 Å². The van der Waals surface area contributed by atoms with Crippen LogP contribution < -0.4 is 10.6 Å². The Morgan fingerprint density at radius 3 is 2.71 bits per heavy atom. The van der Waals surface area contributed by atoms with Gasteiger partial charge in [0.15, 0.2) is 0 Å². The van der Waals surface area contributed by atoms with Crippen LogP contribution in [0.1, 0.15) is 35.6 Å². The van der Waals surface area contributed by atoms with E-state index in [-0.39, 0.29) is 5.91 Å². The molecular formula is C25H25N5O. The van der Waals surface area contributed by atoms with Gasteiger partial charge in [0.25, 0.3) is 5.91 Å². The van der Waals surface area contributed by atoms with Crippen molar-refractivity contribution in [3.63, 3.8) is 0 Å². The standard InChI is InChI=1S/C25H25N5O/c1-17(2)16-27-25(31)21-8-3-4-9-22(21)28-19-10-12-20-23(29-30-24(20)15-19)13-11-18-7-5-6-14-26-18/h3-15,17,28H,16H2,1-2H3,(H,27,31)(H,29,30)/b13-11+. The van der Waals surface area contributed by atoms with Gasteiger partial charge in [-0.25, -0.2) is 0 Å². The molecule has 0 aliphatic carbocycles. The summed E-state index contributed by atoms with van der Waals surface area (Å²) in [5.74, 6) is 0.314. The van der Waals surface area contributed by atoms with E-state index in [1.54, 1.807) is 6.20 Å². The van der Waals surface area contributed by atoms with Gasteiger partial charge in [0, 0.05) is 23.8 Å². The number of aromatic amines is 1. The molecule has 0 saturated carbocycles. The Labute approximate surface area is 181 Å². The fraction of sp³-hybridized carbons (Fsp3) is 0.160. The van der Waals surface area contributed by atoms with Crippen molar-refractivity contribution >= 4 is 40.3 Å². The van der Waals surface area contributed by atoms with Crippen molar-refractivity contribution in [2.45, 2.75) is 13.8 Å². The highest BCUT2D eigenvalue weighted by Gasteiger charge is 2.12. The molecule has 6 nitrogen and oxygen atoms in total. The van der Waals surface area contributed by atoms with Crippen LogP contribution in [0, 0.1) is 5.92 Å². The van der Waals surface area contributed by atoms with Crippen LogP contribution in [-0.4, -0.2) is 27.6 Å². The van der Waals surface area contributed by atoms with E-state index in [1.165, 1.54) is 0 Å². The lowest BCUT2D eigenvalue weighted by molar-refractivity contribution is 0.0950. The number of hydrogen-bond acceptors (Lipinski definition) is 4. The van der Waals surface area contributed by atoms with Crippen LogP contribution in [0.25, 0.3) is 23.1 Å². The maximum atomic E-state index is 12.6. The Morgan fingerprint density at radius 2 is 1.90 bits per heavy atom. The van der Waals surface area contributed by atoms with Crippen LogP contribution in [0.5, 0.6) is 0 Å². The SMILES string of the molecule is CC(C)CNC(=O)c1ccccc1Nc1ccc2c(/C=C/c3ccccn3)n[nH]c2c1. The summed E-state index contributed by atoms with van der Waals surface area (Å²) < 4.78 is 0.